The summed E-state index contributed by atoms with van der Waals surface area (Å²) >= 11 is 0. The Morgan fingerprint density at radius 1 is 1.29 bits per heavy atom. The summed E-state index contributed by atoms with van der Waals surface area (Å²) in [7, 11) is 0. The van der Waals surface area contributed by atoms with Gasteiger partial charge >= 0.3 is 0 Å². The first-order chi connectivity index (χ1) is 6.86. The van der Waals surface area contributed by atoms with E-state index < -0.39 is 0 Å². The normalized spacial score (nSPS) is 18.1. The average molecular weight is 189 g/mol. The van der Waals surface area contributed by atoms with Crippen molar-refractivity contribution < 1.29 is 0 Å². The summed E-state index contributed by atoms with van der Waals surface area (Å²) in [6.07, 6.45) is 4.01. The molecule has 1 fully saturated rings. The van der Waals surface area contributed by atoms with Crippen molar-refractivity contribution in [3.8, 4) is 0 Å². The van der Waals surface area contributed by atoms with Crippen molar-refractivity contribution in [2.24, 2.45) is 5.92 Å². The van der Waals surface area contributed by atoms with Crippen molar-refractivity contribution in [2.75, 3.05) is 6.54 Å². The molecule has 1 aliphatic carbocycles. The maximum atomic E-state index is 3.59. The standard InChI is InChI=1S/C13H19N/c1-11(13-7-8-13)14-10-9-12-5-3-2-4-6-12/h2-6,11,13-14H,7-10H2,1H3/t11-/m1/s1. The van der Waals surface area contributed by atoms with Crippen molar-refractivity contribution in [3.05, 3.63) is 35.9 Å². The van der Waals surface area contributed by atoms with Crippen LogP contribution in [0.15, 0.2) is 30.3 Å². The molecule has 0 unspecified atom stereocenters. The third-order valence-electron chi connectivity index (χ3n) is 3.05. The Morgan fingerprint density at radius 3 is 2.64 bits per heavy atom. The molecule has 1 atom stereocenters. The van der Waals surface area contributed by atoms with Gasteiger partial charge in [-0.15, -0.1) is 0 Å². The fourth-order valence-corrected chi connectivity index (χ4v) is 1.85. The number of hydrogen-bond donors (Lipinski definition) is 1. The maximum Gasteiger partial charge on any atom is 0.00671 e. The fraction of sp³-hybridized carbons (Fsp3) is 0.538. The van der Waals surface area contributed by atoms with Gasteiger partial charge in [0, 0.05) is 6.04 Å². The SMILES string of the molecule is C[C@@H](NCCc1ccccc1)C1CC1. The van der Waals surface area contributed by atoms with E-state index in [0.29, 0.717) is 0 Å². The predicted octanol–water partition coefficient (Wildman–Crippen LogP) is 2.62. The summed E-state index contributed by atoms with van der Waals surface area (Å²) in [4.78, 5) is 0. The molecule has 1 aliphatic rings. The molecule has 2 rings (SSSR count). The second kappa shape index (κ2) is 4.61. The minimum Gasteiger partial charge on any atom is -0.314 e. The van der Waals surface area contributed by atoms with Crippen molar-refractivity contribution in [3.63, 3.8) is 0 Å². The van der Waals surface area contributed by atoms with Gasteiger partial charge in [0.25, 0.3) is 0 Å². The van der Waals surface area contributed by atoms with E-state index in [4.69, 9.17) is 0 Å². The van der Waals surface area contributed by atoms with Crippen LogP contribution >= 0.6 is 0 Å². The molecule has 1 N–H and O–H groups in total. The van der Waals surface area contributed by atoms with Crippen molar-refractivity contribution in [1.29, 1.82) is 0 Å². The molecule has 1 heteroatoms. The van der Waals surface area contributed by atoms with Gasteiger partial charge in [-0.1, -0.05) is 30.3 Å². The maximum absolute atomic E-state index is 3.59. The van der Waals surface area contributed by atoms with Gasteiger partial charge in [-0.3, -0.25) is 0 Å². The second-order valence-electron chi connectivity index (χ2n) is 4.32. The molecule has 1 saturated carbocycles. The Balaban J connectivity index is 1.67. The summed E-state index contributed by atoms with van der Waals surface area (Å²) in [5.41, 5.74) is 1.43. The van der Waals surface area contributed by atoms with Crippen LogP contribution in [0.4, 0.5) is 0 Å². The molecule has 1 aromatic carbocycles. The molecule has 0 saturated heterocycles. The van der Waals surface area contributed by atoms with Crippen molar-refractivity contribution in [2.45, 2.75) is 32.2 Å². The Labute approximate surface area is 86.5 Å². The third kappa shape index (κ3) is 2.85. The van der Waals surface area contributed by atoms with Gasteiger partial charge < -0.3 is 5.32 Å². The van der Waals surface area contributed by atoms with E-state index in [9.17, 15) is 0 Å². The van der Waals surface area contributed by atoms with E-state index in [1.165, 1.54) is 18.4 Å². The minimum atomic E-state index is 0.721. The molecule has 1 nitrogen and oxygen atoms in total. The van der Waals surface area contributed by atoms with E-state index >= 15 is 0 Å². The monoisotopic (exact) mass is 189 g/mol. The highest BCUT2D eigenvalue weighted by atomic mass is 14.9. The van der Waals surface area contributed by atoms with Crippen molar-refractivity contribution >= 4 is 0 Å². The Kier molecular flexibility index (Phi) is 3.20. The van der Waals surface area contributed by atoms with Crippen LogP contribution < -0.4 is 5.32 Å². The Hall–Kier alpha value is -0.820. The molecule has 0 aliphatic heterocycles. The van der Waals surface area contributed by atoms with Crippen LogP contribution in [-0.2, 0) is 6.42 Å². The molecule has 0 aromatic heterocycles. The molecule has 14 heavy (non-hydrogen) atoms. The zero-order valence-corrected chi connectivity index (χ0v) is 8.87. The molecule has 76 valence electrons. The van der Waals surface area contributed by atoms with E-state index in [-0.39, 0.29) is 0 Å². The molecule has 0 radical (unpaired) electrons. The quantitative estimate of drug-likeness (QED) is 0.750. The summed E-state index contributed by atoms with van der Waals surface area (Å²) in [5.74, 6) is 0.964. The molecular formula is C13H19N. The highest BCUT2D eigenvalue weighted by molar-refractivity contribution is 5.14. The lowest BCUT2D eigenvalue weighted by Gasteiger charge is -2.12. The first-order valence-electron chi connectivity index (χ1n) is 5.63. The minimum absolute atomic E-state index is 0.721. The Bertz CT molecular complexity index is 264. The second-order valence-corrected chi connectivity index (χ2v) is 4.32. The summed E-state index contributed by atoms with van der Waals surface area (Å²) in [6.45, 7) is 3.42. The number of hydrogen-bond acceptors (Lipinski definition) is 1. The molecule has 1 aromatic rings. The lowest BCUT2D eigenvalue weighted by molar-refractivity contribution is 0.500. The van der Waals surface area contributed by atoms with Crippen LogP contribution in [-0.4, -0.2) is 12.6 Å². The highest BCUT2D eigenvalue weighted by Gasteiger charge is 2.26. The Morgan fingerprint density at radius 2 is 2.00 bits per heavy atom. The fourth-order valence-electron chi connectivity index (χ4n) is 1.85. The molecule has 0 bridgehead atoms. The first kappa shape index (κ1) is 9.72. The average Bonchev–Trinajstić information content (AvgIpc) is 3.02. The van der Waals surface area contributed by atoms with Gasteiger partial charge in [0.05, 0.1) is 0 Å². The van der Waals surface area contributed by atoms with Crippen LogP contribution in [0.3, 0.4) is 0 Å². The van der Waals surface area contributed by atoms with Crippen LogP contribution in [0.2, 0.25) is 0 Å². The van der Waals surface area contributed by atoms with Gasteiger partial charge in [-0.2, -0.15) is 0 Å². The molecule has 0 spiro atoms. The summed E-state index contributed by atoms with van der Waals surface area (Å²) in [5, 5.41) is 3.59. The van der Waals surface area contributed by atoms with Crippen LogP contribution in [0.25, 0.3) is 0 Å². The van der Waals surface area contributed by atoms with Crippen LogP contribution in [0, 0.1) is 5.92 Å². The lowest BCUT2D eigenvalue weighted by Crippen LogP contribution is -2.29. The van der Waals surface area contributed by atoms with Gasteiger partial charge in [0.2, 0.25) is 0 Å². The molecular weight excluding hydrogens is 170 g/mol. The largest absolute Gasteiger partial charge is 0.314 e. The lowest BCUT2D eigenvalue weighted by atomic mass is 10.1. The van der Waals surface area contributed by atoms with Crippen LogP contribution in [0.1, 0.15) is 25.3 Å². The van der Waals surface area contributed by atoms with Gasteiger partial charge in [-0.05, 0) is 44.2 Å². The summed E-state index contributed by atoms with van der Waals surface area (Å²) in [6, 6.07) is 11.4. The zero-order chi connectivity index (χ0) is 9.80. The molecule has 0 amide bonds. The van der Waals surface area contributed by atoms with E-state index in [1.807, 2.05) is 0 Å². The predicted molar refractivity (Wildman–Crippen MR) is 60.3 cm³/mol. The molecule has 0 heterocycles. The first-order valence-corrected chi connectivity index (χ1v) is 5.63. The summed E-state index contributed by atoms with van der Waals surface area (Å²) < 4.78 is 0. The van der Waals surface area contributed by atoms with E-state index in [2.05, 4.69) is 42.6 Å². The zero-order valence-electron chi connectivity index (χ0n) is 8.87. The topological polar surface area (TPSA) is 12.0 Å². The van der Waals surface area contributed by atoms with Gasteiger partial charge in [0.15, 0.2) is 0 Å². The number of rotatable bonds is 5. The van der Waals surface area contributed by atoms with Gasteiger partial charge in [0.1, 0.15) is 0 Å². The number of benzene rings is 1. The van der Waals surface area contributed by atoms with E-state index in [1.54, 1.807) is 0 Å². The van der Waals surface area contributed by atoms with Crippen LogP contribution in [0.5, 0.6) is 0 Å². The van der Waals surface area contributed by atoms with Gasteiger partial charge in [-0.25, -0.2) is 0 Å². The van der Waals surface area contributed by atoms with Crippen molar-refractivity contribution in [1.82, 2.24) is 5.32 Å². The smallest absolute Gasteiger partial charge is 0.00671 e. The highest BCUT2D eigenvalue weighted by Crippen LogP contribution is 2.32. The number of nitrogens with one attached hydrogen (secondary N) is 1. The van der Waals surface area contributed by atoms with E-state index in [0.717, 1.165) is 24.9 Å². The third-order valence-corrected chi connectivity index (χ3v) is 3.05.